The van der Waals surface area contributed by atoms with Gasteiger partial charge >= 0.3 is 11.9 Å². The topological polar surface area (TPSA) is 74.6 Å². The lowest BCUT2D eigenvalue weighted by atomic mass is 9.91. The van der Waals surface area contributed by atoms with Gasteiger partial charge in [-0.25, -0.2) is 9.59 Å². The number of carboxylic acid groups (broad SMARTS) is 2. The van der Waals surface area contributed by atoms with Crippen LogP contribution in [0.25, 0.3) is 0 Å². The second kappa shape index (κ2) is 3.43. The van der Waals surface area contributed by atoms with Gasteiger partial charge in [-0.1, -0.05) is 19.1 Å². The van der Waals surface area contributed by atoms with Crippen molar-refractivity contribution in [1.82, 2.24) is 0 Å². The summed E-state index contributed by atoms with van der Waals surface area (Å²) in [6.45, 7) is 1.85. The summed E-state index contributed by atoms with van der Waals surface area (Å²) in [5, 5.41) is 17.4. The molecule has 0 radical (unpaired) electrons. The molecule has 1 aliphatic carbocycles. The van der Waals surface area contributed by atoms with Crippen molar-refractivity contribution in [1.29, 1.82) is 0 Å². The van der Waals surface area contributed by atoms with E-state index in [0.29, 0.717) is 0 Å². The fourth-order valence-corrected chi connectivity index (χ4v) is 1.26. The first-order chi connectivity index (χ1) is 6.02. The van der Waals surface area contributed by atoms with Crippen LogP contribution in [-0.4, -0.2) is 22.2 Å². The van der Waals surface area contributed by atoms with E-state index in [-0.39, 0.29) is 23.5 Å². The van der Waals surface area contributed by atoms with Crippen LogP contribution in [0.3, 0.4) is 0 Å². The molecule has 0 saturated heterocycles. The summed E-state index contributed by atoms with van der Waals surface area (Å²) in [6.07, 6.45) is 3.35. The third-order valence-electron chi connectivity index (χ3n) is 1.93. The van der Waals surface area contributed by atoms with Crippen LogP contribution in [-0.2, 0) is 9.59 Å². The molecule has 0 fully saturated rings. The van der Waals surface area contributed by atoms with Crippen LogP contribution in [0.15, 0.2) is 23.3 Å². The van der Waals surface area contributed by atoms with Gasteiger partial charge in [-0.3, -0.25) is 0 Å². The highest BCUT2D eigenvalue weighted by Crippen LogP contribution is 2.23. The average molecular weight is 182 g/mol. The van der Waals surface area contributed by atoms with Gasteiger partial charge in [0.2, 0.25) is 0 Å². The number of carbonyl (C=O) groups is 2. The van der Waals surface area contributed by atoms with Crippen molar-refractivity contribution in [2.24, 2.45) is 5.92 Å². The minimum Gasteiger partial charge on any atom is -0.478 e. The number of hydrogen-bond donors (Lipinski definition) is 2. The molecular weight excluding hydrogens is 172 g/mol. The molecule has 0 aliphatic heterocycles. The quantitative estimate of drug-likeness (QED) is 0.669. The summed E-state index contributed by atoms with van der Waals surface area (Å²) >= 11 is 0. The lowest BCUT2D eigenvalue weighted by Crippen LogP contribution is -2.15. The fraction of sp³-hybridized carbons (Fsp3) is 0.333. The molecule has 0 aromatic heterocycles. The van der Waals surface area contributed by atoms with E-state index in [2.05, 4.69) is 0 Å². The van der Waals surface area contributed by atoms with E-state index in [9.17, 15) is 9.59 Å². The Hall–Kier alpha value is -1.58. The summed E-state index contributed by atoms with van der Waals surface area (Å²) in [5.74, 6) is -2.23. The SMILES string of the molecule is CC1C=CC(C(=O)O)=C(C(=O)O)C1. The molecule has 1 atom stereocenters. The second-order valence-electron chi connectivity index (χ2n) is 3.04. The minimum absolute atomic E-state index is 0.0116. The lowest BCUT2D eigenvalue weighted by molar-refractivity contribution is -0.135. The number of hydrogen-bond acceptors (Lipinski definition) is 2. The molecule has 0 amide bonds. The Morgan fingerprint density at radius 1 is 1.38 bits per heavy atom. The Bertz CT molecular complexity index is 312. The molecule has 0 aromatic carbocycles. The predicted molar refractivity (Wildman–Crippen MR) is 45.2 cm³/mol. The number of aliphatic carboxylic acids is 2. The van der Waals surface area contributed by atoms with Gasteiger partial charge in [-0.05, 0) is 12.3 Å². The fourth-order valence-electron chi connectivity index (χ4n) is 1.26. The molecule has 4 heteroatoms. The standard InChI is InChI=1S/C9H10O4/c1-5-2-3-6(8(10)11)7(4-5)9(12)13/h2-3,5H,4H2,1H3,(H,10,11)(H,12,13). The Kier molecular flexibility index (Phi) is 2.51. The van der Waals surface area contributed by atoms with E-state index in [1.54, 1.807) is 6.08 Å². The molecule has 2 N–H and O–H groups in total. The van der Waals surface area contributed by atoms with Crippen LogP contribution in [0, 0.1) is 5.92 Å². The van der Waals surface area contributed by atoms with E-state index < -0.39 is 11.9 Å². The van der Waals surface area contributed by atoms with Crippen LogP contribution in [0.4, 0.5) is 0 Å². The molecular formula is C9H10O4. The second-order valence-corrected chi connectivity index (χ2v) is 3.04. The Morgan fingerprint density at radius 3 is 2.46 bits per heavy atom. The van der Waals surface area contributed by atoms with E-state index in [1.807, 2.05) is 6.92 Å². The maximum absolute atomic E-state index is 10.7. The van der Waals surface area contributed by atoms with E-state index in [1.165, 1.54) is 6.08 Å². The van der Waals surface area contributed by atoms with Crippen molar-refractivity contribution < 1.29 is 19.8 Å². The van der Waals surface area contributed by atoms with Gasteiger partial charge in [-0.2, -0.15) is 0 Å². The van der Waals surface area contributed by atoms with Crippen LogP contribution >= 0.6 is 0 Å². The normalized spacial score (nSPS) is 21.8. The maximum Gasteiger partial charge on any atom is 0.336 e. The average Bonchev–Trinajstić information content (AvgIpc) is 2.03. The molecule has 0 spiro atoms. The molecule has 1 unspecified atom stereocenters. The first-order valence-corrected chi connectivity index (χ1v) is 3.90. The Morgan fingerprint density at radius 2 is 2.00 bits per heavy atom. The molecule has 13 heavy (non-hydrogen) atoms. The zero-order chi connectivity index (χ0) is 10.0. The van der Waals surface area contributed by atoms with Gasteiger partial charge in [0.15, 0.2) is 0 Å². The first kappa shape index (κ1) is 9.51. The summed E-state index contributed by atoms with van der Waals surface area (Å²) < 4.78 is 0. The maximum atomic E-state index is 10.7. The number of allylic oxidation sites excluding steroid dienone is 1. The zero-order valence-corrected chi connectivity index (χ0v) is 7.15. The van der Waals surface area contributed by atoms with Gasteiger partial charge in [-0.15, -0.1) is 0 Å². The lowest BCUT2D eigenvalue weighted by Gasteiger charge is -2.14. The van der Waals surface area contributed by atoms with Crippen LogP contribution in [0.5, 0.6) is 0 Å². The van der Waals surface area contributed by atoms with Gasteiger partial charge in [0.05, 0.1) is 11.1 Å². The third-order valence-corrected chi connectivity index (χ3v) is 1.93. The van der Waals surface area contributed by atoms with Crippen LogP contribution in [0.1, 0.15) is 13.3 Å². The van der Waals surface area contributed by atoms with Gasteiger partial charge in [0, 0.05) is 0 Å². The molecule has 1 rings (SSSR count). The highest BCUT2D eigenvalue weighted by atomic mass is 16.4. The van der Waals surface area contributed by atoms with Crippen LogP contribution in [0.2, 0.25) is 0 Å². The zero-order valence-electron chi connectivity index (χ0n) is 7.15. The van der Waals surface area contributed by atoms with Crippen molar-refractivity contribution in [2.45, 2.75) is 13.3 Å². The number of carboxylic acids is 2. The molecule has 0 saturated carbocycles. The predicted octanol–water partition coefficient (Wildman–Crippen LogP) is 1.05. The van der Waals surface area contributed by atoms with Crippen molar-refractivity contribution in [3.05, 3.63) is 23.3 Å². The van der Waals surface area contributed by atoms with E-state index in [0.717, 1.165) is 0 Å². The number of rotatable bonds is 2. The smallest absolute Gasteiger partial charge is 0.336 e. The molecule has 4 nitrogen and oxygen atoms in total. The highest BCUT2D eigenvalue weighted by molar-refractivity contribution is 6.01. The van der Waals surface area contributed by atoms with Gasteiger partial charge in [0.25, 0.3) is 0 Å². The van der Waals surface area contributed by atoms with Crippen molar-refractivity contribution in [3.63, 3.8) is 0 Å². The monoisotopic (exact) mass is 182 g/mol. The molecule has 0 bridgehead atoms. The summed E-state index contributed by atoms with van der Waals surface area (Å²) in [5.41, 5.74) is -0.117. The summed E-state index contributed by atoms with van der Waals surface area (Å²) in [6, 6.07) is 0. The van der Waals surface area contributed by atoms with Crippen molar-refractivity contribution in [2.75, 3.05) is 0 Å². The molecule has 1 aliphatic rings. The van der Waals surface area contributed by atoms with Gasteiger partial charge < -0.3 is 10.2 Å². The van der Waals surface area contributed by atoms with Gasteiger partial charge in [0.1, 0.15) is 0 Å². The van der Waals surface area contributed by atoms with Crippen molar-refractivity contribution >= 4 is 11.9 Å². The van der Waals surface area contributed by atoms with Crippen LogP contribution < -0.4 is 0 Å². The third kappa shape index (κ3) is 1.96. The van der Waals surface area contributed by atoms with E-state index in [4.69, 9.17) is 10.2 Å². The molecule has 0 heterocycles. The Balaban J connectivity index is 3.09. The minimum atomic E-state index is -1.18. The highest BCUT2D eigenvalue weighted by Gasteiger charge is 2.22. The summed E-state index contributed by atoms with van der Waals surface area (Å²) in [7, 11) is 0. The van der Waals surface area contributed by atoms with Crippen molar-refractivity contribution in [3.8, 4) is 0 Å². The molecule has 70 valence electrons. The molecule has 0 aromatic rings. The first-order valence-electron chi connectivity index (χ1n) is 3.90. The largest absolute Gasteiger partial charge is 0.478 e. The van der Waals surface area contributed by atoms with E-state index >= 15 is 0 Å². The Labute approximate surface area is 75.2 Å². The summed E-state index contributed by atoms with van der Waals surface area (Å²) in [4.78, 5) is 21.3.